The van der Waals surface area contributed by atoms with Crippen LogP contribution in [0.2, 0.25) is 0 Å². The first-order valence-corrected chi connectivity index (χ1v) is 8.46. The molecule has 5 heteroatoms. The maximum Gasteiger partial charge on any atom is 0.191 e. The minimum Gasteiger partial charge on any atom is -0.357 e. The summed E-state index contributed by atoms with van der Waals surface area (Å²) < 4.78 is 0. The molecule has 0 amide bonds. The molecule has 0 aromatic heterocycles. The van der Waals surface area contributed by atoms with Crippen molar-refractivity contribution in [2.45, 2.75) is 26.6 Å². The van der Waals surface area contributed by atoms with Crippen molar-refractivity contribution in [3.05, 3.63) is 71.3 Å². The Kier molecular flexibility index (Phi) is 10.2. The van der Waals surface area contributed by atoms with Crippen molar-refractivity contribution in [1.82, 2.24) is 15.5 Å². The summed E-state index contributed by atoms with van der Waals surface area (Å²) in [5.41, 5.74) is 3.79. The number of nitrogens with zero attached hydrogens (tertiary/aromatic N) is 2. The largest absolute Gasteiger partial charge is 0.357 e. The molecule has 0 saturated heterocycles. The van der Waals surface area contributed by atoms with E-state index in [1.807, 2.05) is 6.07 Å². The lowest BCUT2D eigenvalue weighted by molar-refractivity contribution is 0.402. The van der Waals surface area contributed by atoms with Crippen LogP contribution in [0.3, 0.4) is 0 Å². The molecule has 136 valence electrons. The van der Waals surface area contributed by atoms with E-state index in [-0.39, 0.29) is 24.0 Å². The molecule has 4 nitrogen and oxygen atoms in total. The first-order valence-electron chi connectivity index (χ1n) is 8.46. The fourth-order valence-electron chi connectivity index (χ4n) is 2.49. The quantitative estimate of drug-likeness (QED) is 0.383. The number of nitrogens with one attached hydrogen (secondary N) is 2. The van der Waals surface area contributed by atoms with Gasteiger partial charge in [0.05, 0.1) is 6.54 Å². The highest BCUT2D eigenvalue weighted by atomic mass is 127. The summed E-state index contributed by atoms with van der Waals surface area (Å²) in [6, 6.07) is 19.0. The molecule has 0 aliphatic rings. The molecule has 0 aliphatic heterocycles. The average molecular weight is 452 g/mol. The molecule has 0 saturated carbocycles. The predicted molar refractivity (Wildman–Crippen MR) is 117 cm³/mol. The van der Waals surface area contributed by atoms with Crippen molar-refractivity contribution in [3.63, 3.8) is 0 Å². The summed E-state index contributed by atoms with van der Waals surface area (Å²) in [4.78, 5) is 6.87. The second kappa shape index (κ2) is 11.9. The van der Waals surface area contributed by atoms with E-state index in [1.165, 1.54) is 16.7 Å². The lowest BCUT2D eigenvalue weighted by Crippen LogP contribution is -2.36. The van der Waals surface area contributed by atoms with Gasteiger partial charge in [-0.3, -0.25) is 0 Å². The van der Waals surface area contributed by atoms with Gasteiger partial charge in [0.15, 0.2) is 5.96 Å². The second-order valence-electron chi connectivity index (χ2n) is 6.09. The lowest BCUT2D eigenvalue weighted by atomic mass is 10.1. The van der Waals surface area contributed by atoms with Crippen LogP contribution < -0.4 is 10.6 Å². The Labute approximate surface area is 168 Å². The van der Waals surface area contributed by atoms with Crippen molar-refractivity contribution in [2.75, 3.05) is 20.6 Å². The lowest BCUT2D eigenvalue weighted by Gasteiger charge is -2.12. The van der Waals surface area contributed by atoms with Crippen LogP contribution in [0.4, 0.5) is 0 Å². The van der Waals surface area contributed by atoms with Crippen molar-refractivity contribution in [3.8, 4) is 0 Å². The van der Waals surface area contributed by atoms with Gasteiger partial charge in [0.25, 0.3) is 0 Å². The van der Waals surface area contributed by atoms with Gasteiger partial charge in [-0.25, -0.2) is 4.99 Å². The molecule has 0 unspecified atom stereocenters. The molecule has 0 radical (unpaired) electrons. The van der Waals surface area contributed by atoms with Crippen LogP contribution in [0.15, 0.2) is 59.6 Å². The average Bonchev–Trinajstić information content (AvgIpc) is 2.58. The fraction of sp³-hybridized carbons (Fsp3) is 0.350. The van der Waals surface area contributed by atoms with Gasteiger partial charge in [-0.1, -0.05) is 54.6 Å². The third kappa shape index (κ3) is 8.36. The number of hydrogen-bond donors (Lipinski definition) is 2. The minimum absolute atomic E-state index is 0. The summed E-state index contributed by atoms with van der Waals surface area (Å²) in [7, 11) is 4.17. The first-order chi connectivity index (χ1) is 11.7. The Morgan fingerprint density at radius 3 is 2.28 bits per heavy atom. The maximum atomic E-state index is 4.70. The monoisotopic (exact) mass is 452 g/mol. The van der Waals surface area contributed by atoms with Gasteiger partial charge in [-0.05, 0) is 37.7 Å². The zero-order valence-corrected chi connectivity index (χ0v) is 17.7. The standard InChI is InChI=1S/C20H28N4.HI/c1-4-21-20(22-14-17-9-6-5-7-10-17)23-15-18-11-8-12-19(13-18)16-24(2)3;/h5-13H,4,14-16H2,1-3H3,(H2,21,22,23);1H. The predicted octanol–water partition coefficient (Wildman–Crippen LogP) is 3.62. The highest BCUT2D eigenvalue weighted by Gasteiger charge is 2.00. The molecule has 2 aromatic rings. The van der Waals surface area contributed by atoms with Crippen LogP contribution >= 0.6 is 24.0 Å². The van der Waals surface area contributed by atoms with Gasteiger partial charge < -0.3 is 15.5 Å². The molecular formula is C20H29IN4. The van der Waals surface area contributed by atoms with E-state index in [9.17, 15) is 0 Å². The van der Waals surface area contributed by atoms with Crippen LogP contribution in [0.25, 0.3) is 0 Å². The molecular weight excluding hydrogens is 423 g/mol. The zero-order chi connectivity index (χ0) is 17.2. The van der Waals surface area contributed by atoms with Gasteiger partial charge in [-0.15, -0.1) is 24.0 Å². The number of guanidine groups is 1. The van der Waals surface area contributed by atoms with Crippen LogP contribution in [-0.2, 0) is 19.6 Å². The summed E-state index contributed by atoms with van der Waals surface area (Å²) in [6.45, 7) is 5.32. The van der Waals surface area contributed by atoms with E-state index in [4.69, 9.17) is 4.99 Å². The Hall–Kier alpha value is -1.60. The van der Waals surface area contributed by atoms with Gasteiger partial charge in [0.2, 0.25) is 0 Å². The van der Waals surface area contributed by atoms with Crippen molar-refractivity contribution >= 4 is 29.9 Å². The highest BCUT2D eigenvalue weighted by Crippen LogP contribution is 2.08. The summed E-state index contributed by atoms with van der Waals surface area (Å²) >= 11 is 0. The summed E-state index contributed by atoms with van der Waals surface area (Å²) in [5.74, 6) is 0.847. The van der Waals surface area contributed by atoms with E-state index < -0.39 is 0 Å². The Balaban J connectivity index is 0.00000312. The third-order valence-electron chi connectivity index (χ3n) is 3.56. The molecule has 25 heavy (non-hydrogen) atoms. The third-order valence-corrected chi connectivity index (χ3v) is 3.56. The molecule has 0 fully saturated rings. The second-order valence-corrected chi connectivity index (χ2v) is 6.09. The Morgan fingerprint density at radius 2 is 1.60 bits per heavy atom. The fourth-order valence-corrected chi connectivity index (χ4v) is 2.49. The molecule has 2 N–H and O–H groups in total. The molecule has 0 atom stereocenters. The Morgan fingerprint density at radius 1 is 0.920 bits per heavy atom. The van der Waals surface area contributed by atoms with E-state index in [2.05, 4.69) is 85.1 Å². The number of hydrogen-bond acceptors (Lipinski definition) is 2. The van der Waals surface area contributed by atoms with Crippen LogP contribution in [0.1, 0.15) is 23.6 Å². The smallest absolute Gasteiger partial charge is 0.191 e. The maximum absolute atomic E-state index is 4.70. The van der Waals surface area contributed by atoms with E-state index in [1.54, 1.807) is 0 Å². The molecule has 0 aliphatic carbocycles. The van der Waals surface area contributed by atoms with Crippen molar-refractivity contribution in [1.29, 1.82) is 0 Å². The highest BCUT2D eigenvalue weighted by molar-refractivity contribution is 14.0. The van der Waals surface area contributed by atoms with Gasteiger partial charge >= 0.3 is 0 Å². The molecule has 0 spiro atoms. The number of aliphatic imine (C=N–C) groups is 1. The SMILES string of the molecule is CCNC(=NCc1cccc(CN(C)C)c1)NCc1ccccc1.I. The van der Waals surface area contributed by atoms with Gasteiger partial charge in [-0.2, -0.15) is 0 Å². The normalized spacial score (nSPS) is 11.1. The Bertz CT molecular complexity index is 641. The van der Waals surface area contributed by atoms with E-state index in [0.717, 1.165) is 25.6 Å². The summed E-state index contributed by atoms with van der Waals surface area (Å²) in [5, 5.41) is 6.69. The molecule has 2 rings (SSSR count). The number of halogens is 1. The van der Waals surface area contributed by atoms with E-state index in [0.29, 0.717) is 6.54 Å². The minimum atomic E-state index is 0. The van der Waals surface area contributed by atoms with Crippen LogP contribution in [-0.4, -0.2) is 31.5 Å². The zero-order valence-electron chi connectivity index (χ0n) is 15.3. The summed E-state index contributed by atoms with van der Waals surface area (Å²) in [6.07, 6.45) is 0. The number of benzene rings is 2. The number of rotatable bonds is 7. The topological polar surface area (TPSA) is 39.7 Å². The molecule has 0 heterocycles. The first kappa shape index (κ1) is 21.4. The molecule has 2 aromatic carbocycles. The van der Waals surface area contributed by atoms with Crippen molar-refractivity contribution in [2.24, 2.45) is 4.99 Å². The van der Waals surface area contributed by atoms with Crippen molar-refractivity contribution < 1.29 is 0 Å². The van der Waals surface area contributed by atoms with E-state index >= 15 is 0 Å². The van der Waals surface area contributed by atoms with Gasteiger partial charge in [0.1, 0.15) is 0 Å². The van der Waals surface area contributed by atoms with Gasteiger partial charge in [0, 0.05) is 19.6 Å². The van der Waals surface area contributed by atoms with Crippen LogP contribution in [0, 0.1) is 0 Å². The molecule has 0 bridgehead atoms. The van der Waals surface area contributed by atoms with Crippen LogP contribution in [0.5, 0.6) is 0 Å².